The molecule has 1 aromatic rings. The fraction of sp³-hybridized carbons (Fsp3) is 0.500. The highest BCUT2D eigenvalue weighted by molar-refractivity contribution is 7.98. The molecule has 1 aliphatic carbocycles. The van der Waals surface area contributed by atoms with E-state index in [9.17, 15) is 5.11 Å². The van der Waals surface area contributed by atoms with Crippen molar-refractivity contribution in [1.82, 2.24) is 0 Å². The first-order chi connectivity index (χ1) is 6.81. The van der Waals surface area contributed by atoms with E-state index in [1.807, 2.05) is 12.1 Å². The minimum absolute atomic E-state index is 0.426. The van der Waals surface area contributed by atoms with Gasteiger partial charge in [0.1, 0.15) is 5.75 Å². The molecule has 1 aliphatic rings. The van der Waals surface area contributed by atoms with Gasteiger partial charge in [0.15, 0.2) is 0 Å². The first-order valence-corrected chi connectivity index (χ1v) is 6.42. The third-order valence-corrected chi connectivity index (χ3v) is 3.68. The van der Waals surface area contributed by atoms with Crippen molar-refractivity contribution < 1.29 is 5.11 Å². The maximum absolute atomic E-state index is 9.58. The van der Waals surface area contributed by atoms with Gasteiger partial charge in [0.05, 0.1) is 0 Å². The normalized spacial score (nSPS) is 16.1. The zero-order valence-electron chi connectivity index (χ0n) is 8.55. The number of fused-ring (bicyclic) bond motifs is 1. The predicted octanol–water partition coefficient (Wildman–Crippen LogP) is 3.38. The summed E-state index contributed by atoms with van der Waals surface area (Å²) in [5.74, 6) is 0.426. The van der Waals surface area contributed by atoms with Crippen molar-refractivity contribution in [3.63, 3.8) is 0 Å². The van der Waals surface area contributed by atoms with E-state index in [-0.39, 0.29) is 0 Å². The Morgan fingerprint density at radius 3 is 2.71 bits per heavy atom. The van der Waals surface area contributed by atoms with Crippen LogP contribution in [0.3, 0.4) is 0 Å². The molecular weight excluding hydrogens is 192 g/mol. The van der Waals surface area contributed by atoms with Gasteiger partial charge in [-0.2, -0.15) is 0 Å². The van der Waals surface area contributed by atoms with E-state index in [4.69, 9.17) is 0 Å². The molecule has 14 heavy (non-hydrogen) atoms. The van der Waals surface area contributed by atoms with Crippen molar-refractivity contribution in [1.29, 1.82) is 0 Å². The number of aryl methyl sites for hydroxylation is 1. The van der Waals surface area contributed by atoms with Crippen LogP contribution in [0.2, 0.25) is 0 Å². The van der Waals surface area contributed by atoms with Gasteiger partial charge in [0, 0.05) is 4.90 Å². The van der Waals surface area contributed by atoms with Crippen LogP contribution in [-0.2, 0) is 12.8 Å². The van der Waals surface area contributed by atoms with Gasteiger partial charge < -0.3 is 5.11 Å². The minimum Gasteiger partial charge on any atom is -0.508 e. The zero-order chi connectivity index (χ0) is 9.97. The second-order valence-electron chi connectivity index (χ2n) is 3.85. The van der Waals surface area contributed by atoms with Gasteiger partial charge in [-0.1, -0.05) is 6.42 Å². The molecule has 0 unspecified atom stereocenters. The highest BCUT2D eigenvalue weighted by Crippen LogP contribution is 2.32. The van der Waals surface area contributed by atoms with E-state index in [0.29, 0.717) is 5.75 Å². The molecule has 0 aromatic heterocycles. The van der Waals surface area contributed by atoms with E-state index in [0.717, 1.165) is 6.42 Å². The summed E-state index contributed by atoms with van der Waals surface area (Å²) in [6.45, 7) is 0. The molecule has 0 radical (unpaired) electrons. The van der Waals surface area contributed by atoms with Crippen LogP contribution >= 0.6 is 11.8 Å². The summed E-state index contributed by atoms with van der Waals surface area (Å²) < 4.78 is 0. The molecule has 2 heteroatoms. The quantitative estimate of drug-likeness (QED) is 0.564. The summed E-state index contributed by atoms with van der Waals surface area (Å²) in [5, 5.41) is 9.58. The third kappa shape index (κ3) is 1.90. The smallest absolute Gasteiger partial charge is 0.116 e. The molecule has 0 atom stereocenters. The van der Waals surface area contributed by atoms with Crippen LogP contribution < -0.4 is 0 Å². The third-order valence-electron chi connectivity index (χ3n) is 2.88. The maximum Gasteiger partial charge on any atom is 0.116 e. The Morgan fingerprint density at radius 1 is 1.14 bits per heavy atom. The highest BCUT2D eigenvalue weighted by Gasteiger charge is 2.12. The standard InChI is InChI=1S/C12H16OS/c1-14-12-8-10(13)7-9-5-3-2-4-6-11(9)12/h7-8,13H,2-6H2,1H3. The minimum atomic E-state index is 0.426. The van der Waals surface area contributed by atoms with Crippen molar-refractivity contribution in [2.75, 3.05) is 6.26 Å². The number of thioether (sulfide) groups is 1. The van der Waals surface area contributed by atoms with Crippen molar-refractivity contribution in [2.24, 2.45) is 0 Å². The molecule has 0 amide bonds. The molecule has 0 aliphatic heterocycles. The predicted molar refractivity (Wildman–Crippen MR) is 61.1 cm³/mol. The number of benzene rings is 1. The van der Waals surface area contributed by atoms with Crippen molar-refractivity contribution in [3.05, 3.63) is 23.3 Å². The van der Waals surface area contributed by atoms with Crippen LogP contribution in [0.4, 0.5) is 0 Å². The summed E-state index contributed by atoms with van der Waals surface area (Å²) in [6.07, 6.45) is 8.29. The van der Waals surface area contributed by atoms with Crippen molar-refractivity contribution in [2.45, 2.75) is 37.0 Å². The largest absolute Gasteiger partial charge is 0.508 e. The Hall–Kier alpha value is -0.630. The summed E-state index contributed by atoms with van der Waals surface area (Å²) in [6, 6.07) is 3.84. The van der Waals surface area contributed by atoms with Crippen LogP contribution in [0.15, 0.2) is 17.0 Å². The van der Waals surface area contributed by atoms with E-state index in [1.165, 1.54) is 41.7 Å². The molecule has 0 bridgehead atoms. The van der Waals surface area contributed by atoms with Gasteiger partial charge in [0.2, 0.25) is 0 Å². The molecule has 0 fully saturated rings. The molecule has 1 aromatic carbocycles. The molecule has 76 valence electrons. The lowest BCUT2D eigenvalue weighted by atomic mass is 10.0. The number of phenols is 1. The topological polar surface area (TPSA) is 20.2 Å². The first-order valence-electron chi connectivity index (χ1n) is 5.20. The number of aromatic hydroxyl groups is 1. The SMILES string of the molecule is CSc1cc(O)cc2c1CCCCC2. The molecule has 2 rings (SSSR count). The zero-order valence-corrected chi connectivity index (χ0v) is 9.36. The van der Waals surface area contributed by atoms with Crippen molar-refractivity contribution >= 4 is 11.8 Å². The number of hydrogen-bond donors (Lipinski definition) is 1. The first kappa shape index (κ1) is 9.91. The molecule has 1 nitrogen and oxygen atoms in total. The second kappa shape index (κ2) is 4.26. The van der Waals surface area contributed by atoms with Crippen LogP contribution in [0.5, 0.6) is 5.75 Å². The molecule has 0 heterocycles. The Kier molecular flexibility index (Phi) is 3.02. The lowest BCUT2D eigenvalue weighted by Crippen LogP contribution is -1.93. The van der Waals surface area contributed by atoms with E-state index < -0.39 is 0 Å². The lowest BCUT2D eigenvalue weighted by Gasteiger charge is -2.11. The van der Waals surface area contributed by atoms with Crippen LogP contribution in [0, 0.1) is 0 Å². The van der Waals surface area contributed by atoms with E-state index >= 15 is 0 Å². The number of rotatable bonds is 1. The highest BCUT2D eigenvalue weighted by atomic mass is 32.2. The summed E-state index contributed by atoms with van der Waals surface area (Å²) >= 11 is 1.75. The van der Waals surface area contributed by atoms with Gasteiger partial charge in [-0.3, -0.25) is 0 Å². The number of hydrogen-bond acceptors (Lipinski definition) is 2. The summed E-state index contributed by atoms with van der Waals surface area (Å²) in [7, 11) is 0. The van der Waals surface area contributed by atoms with Gasteiger partial charge in [0.25, 0.3) is 0 Å². The van der Waals surface area contributed by atoms with Gasteiger partial charge in [-0.15, -0.1) is 11.8 Å². The van der Waals surface area contributed by atoms with E-state index in [1.54, 1.807) is 11.8 Å². The monoisotopic (exact) mass is 208 g/mol. The summed E-state index contributed by atoms with van der Waals surface area (Å²) in [4.78, 5) is 1.27. The second-order valence-corrected chi connectivity index (χ2v) is 4.69. The Balaban J connectivity index is 2.46. The van der Waals surface area contributed by atoms with Crippen LogP contribution in [0.1, 0.15) is 30.4 Å². The summed E-state index contributed by atoms with van der Waals surface area (Å²) in [5.41, 5.74) is 2.85. The van der Waals surface area contributed by atoms with Gasteiger partial charge in [-0.25, -0.2) is 0 Å². The van der Waals surface area contributed by atoms with Crippen LogP contribution in [-0.4, -0.2) is 11.4 Å². The molecular formula is C12H16OS. The fourth-order valence-corrected chi connectivity index (χ4v) is 2.89. The Labute approximate surface area is 89.5 Å². The average molecular weight is 208 g/mol. The lowest BCUT2D eigenvalue weighted by molar-refractivity contribution is 0.472. The van der Waals surface area contributed by atoms with E-state index in [2.05, 4.69) is 6.26 Å². The van der Waals surface area contributed by atoms with Gasteiger partial charge in [-0.05, 0) is 55.2 Å². The molecule has 0 saturated heterocycles. The van der Waals surface area contributed by atoms with Crippen LogP contribution in [0.25, 0.3) is 0 Å². The van der Waals surface area contributed by atoms with Crippen molar-refractivity contribution in [3.8, 4) is 5.75 Å². The Morgan fingerprint density at radius 2 is 1.93 bits per heavy atom. The van der Waals surface area contributed by atoms with Gasteiger partial charge >= 0.3 is 0 Å². The fourth-order valence-electron chi connectivity index (χ4n) is 2.17. The Bertz CT molecular complexity index is 333. The maximum atomic E-state index is 9.58. The average Bonchev–Trinajstić information content (AvgIpc) is 2.41. The molecule has 0 spiro atoms. The number of phenolic OH excluding ortho intramolecular Hbond substituents is 1. The molecule has 0 saturated carbocycles. The molecule has 1 N–H and O–H groups in total.